The Hall–Kier alpha value is -4.37. The van der Waals surface area contributed by atoms with Crippen LogP contribution in [0.2, 0.25) is 0 Å². The molecular weight excluding hydrogens is 504 g/mol. The van der Waals surface area contributed by atoms with E-state index in [0.29, 0.717) is 32.6 Å². The second-order valence-corrected chi connectivity index (χ2v) is 10.3. The van der Waals surface area contributed by atoms with Crippen LogP contribution in [0, 0.1) is 27.7 Å². The summed E-state index contributed by atoms with van der Waals surface area (Å²) in [5, 5.41) is 12.3. The monoisotopic (exact) mass is 536 g/mol. The Bertz CT molecular complexity index is 1650. The van der Waals surface area contributed by atoms with Gasteiger partial charge in [-0.15, -0.1) is 0 Å². The third-order valence-corrected chi connectivity index (χ3v) is 7.71. The number of nitrogens with zero attached hydrogens (tertiary/aromatic N) is 5. The van der Waals surface area contributed by atoms with Crippen molar-refractivity contribution in [3.05, 3.63) is 88.3 Å². The number of hydrogen-bond acceptors (Lipinski definition) is 8. The Morgan fingerprint density at radius 3 is 2.60 bits per heavy atom. The molecule has 0 amide bonds. The summed E-state index contributed by atoms with van der Waals surface area (Å²) >= 11 is 0. The van der Waals surface area contributed by atoms with Gasteiger partial charge in [-0.25, -0.2) is 9.97 Å². The van der Waals surface area contributed by atoms with Crippen molar-refractivity contribution in [1.82, 2.24) is 25.3 Å². The van der Waals surface area contributed by atoms with Crippen LogP contribution in [0.25, 0.3) is 22.0 Å². The van der Waals surface area contributed by atoms with Crippen LogP contribution in [0.1, 0.15) is 57.1 Å². The van der Waals surface area contributed by atoms with E-state index in [1.54, 1.807) is 0 Å². The van der Waals surface area contributed by atoms with Gasteiger partial charge in [-0.05, 0) is 62.9 Å². The van der Waals surface area contributed by atoms with Crippen LogP contribution in [-0.4, -0.2) is 50.9 Å². The van der Waals surface area contributed by atoms with Crippen molar-refractivity contribution < 1.29 is 14.1 Å². The van der Waals surface area contributed by atoms with Gasteiger partial charge in [0, 0.05) is 29.6 Å². The molecule has 0 spiro atoms. The first-order valence-electron chi connectivity index (χ1n) is 13.6. The highest BCUT2D eigenvalue weighted by Crippen LogP contribution is 2.36. The average molecular weight is 537 g/mol. The summed E-state index contributed by atoms with van der Waals surface area (Å²) in [6.07, 6.45) is 0.882. The lowest BCUT2D eigenvalue weighted by Crippen LogP contribution is -2.40. The summed E-state index contributed by atoms with van der Waals surface area (Å²) in [4.78, 5) is 25.5. The second kappa shape index (κ2) is 10.7. The van der Waals surface area contributed by atoms with E-state index in [1.807, 2.05) is 58.0 Å². The maximum Gasteiger partial charge on any atom is 0.200 e. The van der Waals surface area contributed by atoms with Gasteiger partial charge in [0.25, 0.3) is 0 Å². The van der Waals surface area contributed by atoms with E-state index < -0.39 is 0 Å². The number of ketones is 1. The normalized spacial score (nSPS) is 15.6. The quantitative estimate of drug-likeness (QED) is 0.266. The number of aromatic nitrogens is 5. The Balaban J connectivity index is 1.46. The third kappa shape index (κ3) is 4.77. The molecule has 0 radical (unpaired) electrons. The van der Waals surface area contributed by atoms with Gasteiger partial charge in [-0.3, -0.25) is 9.89 Å². The highest BCUT2D eigenvalue weighted by atomic mass is 16.5. The van der Waals surface area contributed by atoms with E-state index in [4.69, 9.17) is 19.2 Å². The zero-order valence-corrected chi connectivity index (χ0v) is 23.2. The summed E-state index contributed by atoms with van der Waals surface area (Å²) in [5.74, 6) is 1.62. The molecule has 1 saturated heterocycles. The minimum atomic E-state index is -0.0949. The number of carbonyl (C=O) groups excluding carboxylic acids is 1. The lowest BCUT2D eigenvalue weighted by molar-refractivity contribution is 0.0936. The van der Waals surface area contributed by atoms with Gasteiger partial charge in [0.1, 0.15) is 11.6 Å². The lowest BCUT2D eigenvalue weighted by atomic mass is 10.0. The highest BCUT2D eigenvalue weighted by Gasteiger charge is 2.29. The number of aromatic amines is 1. The first-order chi connectivity index (χ1) is 19.4. The van der Waals surface area contributed by atoms with Gasteiger partial charge in [-0.1, -0.05) is 41.6 Å². The fraction of sp³-hybridized carbons (Fsp3) is 0.323. The van der Waals surface area contributed by atoms with E-state index in [-0.39, 0.29) is 17.6 Å². The van der Waals surface area contributed by atoms with Crippen LogP contribution < -0.4 is 4.90 Å². The van der Waals surface area contributed by atoms with E-state index >= 15 is 0 Å². The molecule has 4 heterocycles. The van der Waals surface area contributed by atoms with Crippen LogP contribution in [0.3, 0.4) is 0 Å². The number of anilines is 1. The number of aryl methyl sites for hydroxylation is 4. The minimum absolute atomic E-state index is 0.0463. The standard InChI is InChI=1S/C31H32N6O3/c1-18-24(19(2)35-34-18)11-13-28(38)30-32-26-12-10-23(29-20(3)36-40-21(29)4)16-25(26)31(33-30)37-14-15-39-17-27(37)22-8-6-5-7-9-22/h5-10,12,16,27H,11,13-15,17H2,1-4H3,(H,34,35)/t27-/m1/s1. The predicted molar refractivity (Wildman–Crippen MR) is 153 cm³/mol. The summed E-state index contributed by atoms with van der Waals surface area (Å²) in [6, 6.07) is 16.3. The average Bonchev–Trinajstić information content (AvgIpc) is 3.49. The number of hydrogen-bond donors (Lipinski definition) is 1. The molecule has 40 heavy (non-hydrogen) atoms. The fourth-order valence-corrected chi connectivity index (χ4v) is 5.61. The van der Waals surface area contributed by atoms with Crippen molar-refractivity contribution >= 4 is 22.5 Å². The van der Waals surface area contributed by atoms with E-state index in [2.05, 4.69) is 38.5 Å². The number of H-pyrrole nitrogens is 1. The van der Waals surface area contributed by atoms with Crippen molar-refractivity contribution in [3.8, 4) is 11.1 Å². The maximum atomic E-state index is 13.5. The van der Waals surface area contributed by atoms with Crippen LogP contribution in [0.15, 0.2) is 53.1 Å². The van der Waals surface area contributed by atoms with Gasteiger partial charge in [0.05, 0.1) is 36.2 Å². The van der Waals surface area contributed by atoms with Crippen molar-refractivity contribution in [2.45, 2.75) is 46.6 Å². The molecule has 1 N–H and O–H groups in total. The summed E-state index contributed by atoms with van der Waals surface area (Å²) in [7, 11) is 0. The number of nitrogens with one attached hydrogen (secondary N) is 1. The molecule has 3 aromatic heterocycles. The van der Waals surface area contributed by atoms with E-state index in [0.717, 1.165) is 61.8 Å². The number of rotatable bonds is 7. The Labute approximate surface area is 232 Å². The largest absolute Gasteiger partial charge is 0.377 e. The minimum Gasteiger partial charge on any atom is -0.377 e. The summed E-state index contributed by atoms with van der Waals surface area (Å²) < 4.78 is 11.4. The predicted octanol–water partition coefficient (Wildman–Crippen LogP) is 5.63. The van der Waals surface area contributed by atoms with Gasteiger partial charge in [0.15, 0.2) is 11.6 Å². The molecule has 1 atom stereocenters. The summed E-state index contributed by atoms with van der Waals surface area (Å²) in [5.41, 5.74) is 7.57. The molecule has 204 valence electrons. The van der Waals surface area contributed by atoms with Gasteiger partial charge < -0.3 is 14.2 Å². The first kappa shape index (κ1) is 25.9. The molecule has 0 unspecified atom stereocenters. The zero-order chi connectivity index (χ0) is 27.8. The zero-order valence-electron chi connectivity index (χ0n) is 23.2. The molecule has 6 rings (SSSR count). The number of ether oxygens (including phenoxy) is 1. The molecule has 1 aliphatic rings. The Kier molecular flexibility index (Phi) is 6.89. The van der Waals surface area contributed by atoms with E-state index in [9.17, 15) is 4.79 Å². The summed E-state index contributed by atoms with van der Waals surface area (Å²) in [6.45, 7) is 9.52. The molecule has 0 bridgehead atoms. The van der Waals surface area contributed by atoms with E-state index in [1.165, 1.54) is 0 Å². The topological polar surface area (TPSA) is 110 Å². The Morgan fingerprint density at radius 2 is 1.88 bits per heavy atom. The molecule has 0 saturated carbocycles. The van der Waals surface area contributed by atoms with Crippen LogP contribution in [-0.2, 0) is 11.2 Å². The highest BCUT2D eigenvalue weighted by molar-refractivity contribution is 5.99. The number of benzene rings is 2. The molecule has 1 fully saturated rings. The van der Waals surface area contributed by atoms with Crippen molar-refractivity contribution in [3.63, 3.8) is 0 Å². The van der Waals surface area contributed by atoms with Crippen molar-refractivity contribution in [2.24, 2.45) is 0 Å². The van der Waals surface area contributed by atoms with Gasteiger partial charge in [-0.2, -0.15) is 5.10 Å². The molecule has 2 aromatic carbocycles. The lowest BCUT2D eigenvalue weighted by Gasteiger charge is -2.37. The van der Waals surface area contributed by atoms with Crippen LogP contribution in [0.4, 0.5) is 5.82 Å². The van der Waals surface area contributed by atoms with Crippen LogP contribution in [0.5, 0.6) is 0 Å². The number of fused-ring (bicyclic) bond motifs is 1. The second-order valence-electron chi connectivity index (χ2n) is 10.3. The number of morpholine rings is 1. The first-order valence-corrected chi connectivity index (χ1v) is 13.6. The van der Waals surface area contributed by atoms with Gasteiger partial charge in [0.2, 0.25) is 0 Å². The molecule has 9 nitrogen and oxygen atoms in total. The maximum absolute atomic E-state index is 13.5. The fourth-order valence-electron chi connectivity index (χ4n) is 5.61. The molecule has 5 aromatic rings. The van der Waals surface area contributed by atoms with Crippen LogP contribution >= 0.6 is 0 Å². The number of Topliss-reactive ketones (excluding diaryl/α,β-unsaturated/α-hetero) is 1. The SMILES string of the molecule is Cc1n[nH]c(C)c1CCC(=O)c1nc(N2CCOC[C@@H]2c2ccccc2)c2cc(-c3c(C)noc3C)ccc2n1. The smallest absolute Gasteiger partial charge is 0.200 e. The van der Waals surface area contributed by atoms with Gasteiger partial charge >= 0.3 is 0 Å². The van der Waals surface area contributed by atoms with Crippen molar-refractivity contribution in [2.75, 3.05) is 24.7 Å². The van der Waals surface area contributed by atoms with Crippen molar-refractivity contribution in [1.29, 1.82) is 0 Å². The Morgan fingerprint density at radius 1 is 1.05 bits per heavy atom. The third-order valence-electron chi connectivity index (χ3n) is 7.71. The molecular formula is C31H32N6O3. The molecule has 0 aliphatic carbocycles. The molecule has 9 heteroatoms. The molecule has 1 aliphatic heterocycles. The number of carbonyl (C=O) groups is 1.